The fourth-order valence-corrected chi connectivity index (χ4v) is 2.62. The summed E-state index contributed by atoms with van der Waals surface area (Å²) in [5.41, 5.74) is 9.74. The molecular weight excluding hydrogens is 237 g/mol. The predicted molar refractivity (Wildman–Crippen MR) is 76.3 cm³/mol. The van der Waals surface area contributed by atoms with Crippen molar-refractivity contribution in [2.24, 2.45) is 5.73 Å². The summed E-state index contributed by atoms with van der Waals surface area (Å²) in [6, 6.07) is 13.8. The van der Waals surface area contributed by atoms with Crippen molar-refractivity contribution in [3.05, 3.63) is 59.4 Å². The topological polar surface area (TPSA) is 26.0 Å². The van der Waals surface area contributed by atoms with Crippen LogP contribution in [0.4, 0.5) is 4.39 Å². The van der Waals surface area contributed by atoms with E-state index < -0.39 is 0 Å². The molecular formula is C17H18FN. The Balaban J connectivity index is 1.96. The summed E-state index contributed by atoms with van der Waals surface area (Å²) < 4.78 is 13.5. The van der Waals surface area contributed by atoms with Gasteiger partial charge in [-0.25, -0.2) is 4.39 Å². The molecule has 2 N–H and O–H groups in total. The maximum absolute atomic E-state index is 13.5. The smallest absolute Gasteiger partial charge is 0.127 e. The lowest BCUT2D eigenvalue weighted by Crippen LogP contribution is -2.08. The van der Waals surface area contributed by atoms with Crippen LogP contribution in [0.3, 0.4) is 0 Å². The largest absolute Gasteiger partial charge is 0.326 e. The Morgan fingerprint density at radius 1 is 1.05 bits per heavy atom. The Hall–Kier alpha value is -1.67. The van der Waals surface area contributed by atoms with E-state index in [1.807, 2.05) is 12.1 Å². The minimum atomic E-state index is -0.221. The van der Waals surface area contributed by atoms with Crippen molar-refractivity contribution in [2.45, 2.75) is 31.7 Å². The summed E-state index contributed by atoms with van der Waals surface area (Å²) in [5, 5.41) is 0. The molecule has 0 aromatic heterocycles. The molecule has 2 aromatic carbocycles. The fraction of sp³-hybridized carbons (Fsp3) is 0.294. The second-order valence-electron chi connectivity index (χ2n) is 5.26. The minimum absolute atomic E-state index is 0.221. The highest BCUT2D eigenvalue weighted by molar-refractivity contribution is 5.65. The number of benzene rings is 2. The van der Waals surface area contributed by atoms with Gasteiger partial charge in [-0.05, 0) is 47.6 Å². The first-order chi connectivity index (χ1) is 9.28. The molecule has 0 atom stereocenters. The maximum Gasteiger partial charge on any atom is 0.127 e. The van der Waals surface area contributed by atoms with Crippen molar-refractivity contribution in [2.75, 3.05) is 0 Å². The third-order valence-electron chi connectivity index (χ3n) is 4.06. The Kier molecular flexibility index (Phi) is 3.34. The first kappa shape index (κ1) is 12.4. The van der Waals surface area contributed by atoms with Crippen molar-refractivity contribution < 1.29 is 4.39 Å². The lowest BCUT2D eigenvalue weighted by molar-refractivity contribution is 0.420. The van der Waals surface area contributed by atoms with Crippen LogP contribution in [0.5, 0.6) is 0 Å². The highest BCUT2D eigenvalue weighted by Crippen LogP contribution is 2.37. The molecule has 2 aromatic rings. The summed E-state index contributed by atoms with van der Waals surface area (Å²) in [7, 11) is 0. The highest BCUT2D eigenvalue weighted by atomic mass is 19.1. The summed E-state index contributed by atoms with van der Waals surface area (Å²) in [5.74, 6) is 0.496. The maximum atomic E-state index is 13.5. The minimum Gasteiger partial charge on any atom is -0.326 e. The molecule has 1 nitrogen and oxygen atoms in total. The Labute approximate surface area is 113 Å². The molecule has 3 rings (SSSR count). The van der Waals surface area contributed by atoms with Crippen LogP contribution in [0.2, 0.25) is 0 Å². The molecule has 1 saturated carbocycles. The fourth-order valence-electron chi connectivity index (χ4n) is 2.62. The molecule has 2 heteroatoms. The summed E-state index contributed by atoms with van der Waals surface area (Å²) in [4.78, 5) is 0. The Bertz CT molecular complexity index is 588. The lowest BCUT2D eigenvalue weighted by Gasteiger charge is -2.26. The zero-order valence-electron chi connectivity index (χ0n) is 10.9. The van der Waals surface area contributed by atoms with Crippen molar-refractivity contribution in [3.63, 3.8) is 0 Å². The number of hydrogen-bond donors (Lipinski definition) is 1. The van der Waals surface area contributed by atoms with E-state index >= 15 is 0 Å². The van der Waals surface area contributed by atoms with Crippen LogP contribution >= 0.6 is 0 Å². The van der Waals surface area contributed by atoms with E-state index in [0.717, 1.165) is 17.0 Å². The predicted octanol–water partition coefficient (Wildman–Crippen LogP) is 4.22. The second kappa shape index (κ2) is 5.14. The van der Waals surface area contributed by atoms with Crippen LogP contribution in [0.25, 0.3) is 11.1 Å². The normalized spacial score (nSPS) is 15.3. The number of hydrogen-bond acceptors (Lipinski definition) is 1. The van der Waals surface area contributed by atoms with Crippen LogP contribution in [-0.4, -0.2) is 0 Å². The van der Waals surface area contributed by atoms with Gasteiger partial charge in [-0.15, -0.1) is 0 Å². The molecule has 0 amide bonds. The van der Waals surface area contributed by atoms with E-state index in [2.05, 4.69) is 24.3 Å². The number of halogens is 1. The molecule has 0 heterocycles. The lowest BCUT2D eigenvalue weighted by atomic mass is 9.79. The van der Waals surface area contributed by atoms with Gasteiger partial charge in [0.2, 0.25) is 0 Å². The molecule has 19 heavy (non-hydrogen) atoms. The third kappa shape index (κ3) is 2.41. The number of rotatable bonds is 3. The third-order valence-corrected chi connectivity index (χ3v) is 4.06. The van der Waals surface area contributed by atoms with E-state index in [4.69, 9.17) is 5.73 Å². The van der Waals surface area contributed by atoms with Gasteiger partial charge in [-0.2, -0.15) is 0 Å². The van der Waals surface area contributed by atoms with E-state index in [0.29, 0.717) is 5.56 Å². The van der Waals surface area contributed by atoms with Gasteiger partial charge in [0.25, 0.3) is 0 Å². The molecule has 98 valence electrons. The molecule has 0 spiro atoms. The molecule has 0 bridgehead atoms. The van der Waals surface area contributed by atoms with Crippen LogP contribution in [0.15, 0.2) is 42.5 Å². The van der Waals surface area contributed by atoms with Gasteiger partial charge < -0.3 is 5.73 Å². The van der Waals surface area contributed by atoms with Crippen molar-refractivity contribution in [1.82, 2.24) is 0 Å². The molecule has 0 saturated heterocycles. The van der Waals surface area contributed by atoms with Gasteiger partial charge in [0, 0.05) is 12.1 Å². The number of nitrogens with two attached hydrogens (primary N) is 1. The molecule has 0 unspecified atom stereocenters. The van der Waals surface area contributed by atoms with Crippen molar-refractivity contribution >= 4 is 0 Å². The first-order valence-electron chi connectivity index (χ1n) is 6.87. The van der Waals surface area contributed by atoms with Crippen molar-refractivity contribution in [3.8, 4) is 11.1 Å². The van der Waals surface area contributed by atoms with Gasteiger partial charge in [0.15, 0.2) is 0 Å². The zero-order valence-corrected chi connectivity index (χ0v) is 10.9. The van der Waals surface area contributed by atoms with Gasteiger partial charge in [0.05, 0.1) is 0 Å². The van der Waals surface area contributed by atoms with Crippen molar-refractivity contribution in [1.29, 1.82) is 0 Å². The monoisotopic (exact) mass is 255 g/mol. The Morgan fingerprint density at radius 2 is 1.84 bits per heavy atom. The van der Waals surface area contributed by atoms with Crippen LogP contribution in [-0.2, 0) is 6.54 Å². The van der Waals surface area contributed by atoms with Crippen LogP contribution in [0, 0.1) is 5.82 Å². The van der Waals surface area contributed by atoms with Gasteiger partial charge in [-0.3, -0.25) is 0 Å². The molecule has 1 aliphatic rings. The van der Waals surface area contributed by atoms with Gasteiger partial charge in [0.1, 0.15) is 5.82 Å². The van der Waals surface area contributed by atoms with E-state index in [1.165, 1.54) is 30.9 Å². The van der Waals surface area contributed by atoms with Crippen LogP contribution in [0.1, 0.15) is 36.3 Å². The quantitative estimate of drug-likeness (QED) is 0.873. The zero-order chi connectivity index (χ0) is 13.2. The Morgan fingerprint density at radius 3 is 2.53 bits per heavy atom. The van der Waals surface area contributed by atoms with Gasteiger partial charge in [-0.1, -0.05) is 36.8 Å². The summed E-state index contributed by atoms with van der Waals surface area (Å²) in [6.45, 7) is 0.238. The molecule has 1 aliphatic carbocycles. The summed E-state index contributed by atoms with van der Waals surface area (Å²) in [6.07, 6.45) is 3.92. The van der Waals surface area contributed by atoms with Crippen LogP contribution < -0.4 is 5.73 Å². The average Bonchev–Trinajstić information content (AvgIpc) is 2.38. The molecule has 0 aliphatic heterocycles. The van der Waals surface area contributed by atoms with E-state index in [1.54, 1.807) is 0 Å². The van der Waals surface area contributed by atoms with E-state index in [9.17, 15) is 4.39 Å². The average molecular weight is 255 g/mol. The van der Waals surface area contributed by atoms with Gasteiger partial charge >= 0.3 is 0 Å². The molecule has 1 fully saturated rings. The summed E-state index contributed by atoms with van der Waals surface area (Å²) >= 11 is 0. The first-order valence-corrected chi connectivity index (χ1v) is 6.87. The highest BCUT2D eigenvalue weighted by Gasteiger charge is 2.19. The standard InChI is InChI=1S/C17H18FN/c18-17-8-7-15(10-16(17)11-19)14-6-2-5-13(9-14)12-3-1-4-12/h2,5-10,12H,1,3-4,11,19H2. The SMILES string of the molecule is NCc1cc(-c2cccc(C3CCC3)c2)ccc1F. The molecule has 0 radical (unpaired) electrons. The second-order valence-corrected chi connectivity index (χ2v) is 5.26. The van der Waals surface area contributed by atoms with E-state index in [-0.39, 0.29) is 12.4 Å².